The van der Waals surface area contributed by atoms with E-state index in [1.54, 1.807) is 12.1 Å². The molecule has 1 spiro atoms. The summed E-state index contributed by atoms with van der Waals surface area (Å²) in [7, 11) is -2.06. The lowest BCUT2D eigenvalue weighted by Crippen LogP contribution is -2.49. The largest absolute Gasteiger partial charge is 0.494 e. The van der Waals surface area contributed by atoms with Gasteiger partial charge in [-0.3, -0.25) is 9.52 Å². The molecule has 7 nitrogen and oxygen atoms in total. The Morgan fingerprint density at radius 2 is 2.00 bits per heavy atom. The van der Waals surface area contributed by atoms with E-state index in [0.29, 0.717) is 11.3 Å². The molecule has 0 unspecified atom stereocenters. The van der Waals surface area contributed by atoms with Crippen molar-refractivity contribution >= 4 is 21.5 Å². The van der Waals surface area contributed by atoms with Gasteiger partial charge in [-0.15, -0.1) is 0 Å². The molecule has 3 rings (SSSR count). The van der Waals surface area contributed by atoms with Crippen LogP contribution in [0.5, 0.6) is 11.5 Å². The third kappa shape index (κ3) is 3.13. The van der Waals surface area contributed by atoms with Gasteiger partial charge in [0, 0.05) is 12.8 Å². The van der Waals surface area contributed by atoms with E-state index in [9.17, 15) is 13.2 Å². The molecule has 0 amide bonds. The predicted molar refractivity (Wildman–Crippen MR) is 85.9 cm³/mol. The molecule has 0 bridgehead atoms. The number of carbonyl (C=O) groups excluding carboxylic acids is 1. The first-order valence-electron chi connectivity index (χ1n) is 7.45. The number of methoxy groups -OCH3 is 1. The van der Waals surface area contributed by atoms with Gasteiger partial charge in [0.1, 0.15) is 16.9 Å². The highest BCUT2D eigenvalue weighted by molar-refractivity contribution is 7.92. The molecule has 2 aliphatic rings. The Morgan fingerprint density at radius 1 is 1.30 bits per heavy atom. The number of nitrogens with one attached hydrogen (secondary N) is 2. The zero-order valence-corrected chi connectivity index (χ0v) is 14.0. The summed E-state index contributed by atoms with van der Waals surface area (Å²) in [5.41, 5.74) is 0.0869. The van der Waals surface area contributed by atoms with Gasteiger partial charge in [-0.25, -0.2) is 8.42 Å². The fraction of sp³-hybridized carbons (Fsp3) is 0.533. The van der Waals surface area contributed by atoms with Crippen molar-refractivity contribution in [2.45, 2.75) is 24.9 Å². The number of rotatable bonds is 3. The van der Waals surface area contributed by atoms with E-state index in [-0.39, 0.29) is 23.6 Å². The number of hydrogen-bond donors (Lipinski definition) is 2. The van der Waals surface area contributed by atoms with Crippen molar-refractivity contribution < 1.29 is 22.7 Å². The highest BCUT2D eigenvalue weighted by Gasteiger charge is 2.43. The maximum Gasteiger partial charge on any atom is 0.229 e. The van der Waals surface area contributed by atoms with Gasteiger partial charge < -0.3 is 14.8 Å². The van der Waals surface area contributed by atoms with Gasteiger partial charge in [-0.1, -0.05) is 0 Å². The van der Waals surface area contributed by atoms with E-state index in [0.717, 1.165) is 32.2 Å². The molecule has 0 saturated carbocycles. The lowest BCUT2D eigenvalue weighted by Gasteiger charge is -2.41. The van der Waals surface area contributed by atoms with Gasteiger partial charge in [0.2, 0.25) is 10.0 Å². The van der Waals surface area contributed by atoms with E-state index in [4.69, 9.17) is 9.47 Å². The van der Waals surface area contributed by atoms with E-state index in [1.165, 1.54) is 7.11 Å². The Labute approximate surface area is 135 Å². The van der Waals surface area contributed by atoms with Gasteiger partial charge in [0.15, 0.2) is 11.5 Å². The fourth-order valence-electron chi connectivity index (χ4n) is 3.22. The lowest BCUT2D eigenvalue weighted by atomic mass is 9.82. The maximum absolute atomic E-state index is 12.7. The first kappa shape index (κ1) is 16.1. The highest BCUT2D eigenvalue weighted by atomic mass is 32.2. The Bertz CT molecular complexity index is 738. The molecule has 1 fully saturated rings. The smallest absolute Gasteiger partial charge is 0.229 e. The van der Waals surface area contributed by atoms with Crippen molar-refractivity contribution in [3.05, 3.63) is 17.7 Å². The van der Waals surface area contributed by atoms with Gasteiger partial charge in [0.05, 0.1) is 25.5 Å². The maximum atomic E-state index is 12.7. The van der Waals surface area contributed by atoms with E-state index in [1.807, 2.05) is 0 Å². The number of ketones is 1. The second-order valence-electron chi connectivity index (χ2n) is 6.03. The molecule has 1 aromatic rings. The van der Waals surface area contributed by atoms with Crippen LogP contribution in [0, 0.1) is 0 Å². The zero-order valence-electron chi connectivity index (χ0n) is 13.1. The van der Waals surface area contributed by atoms with Gasteiger partial charge >= 0.3 is 0 Å². The van der Waals surface area contributed by atoms with Crippen LogP contribution in [-0.4, -0.2) is 46.3 Å². The van der Waals surface area contributed by atoms with Crippen molar-refractivity contribution in [3.63, 3.8) is 0 Å². The zero-order chi connectivity index (χ0) is 16.7. The van der Waals surface area contributed by atoms with Crippen LogP contribution in [0.1, 0.15) is 29.6 Å². The van der Waals surface area contributed by atoms with Crippen LogP contribution in [0.2, 0.25) is 0 Å². The molecule has 23 heavy (non-hydrogen) atoms. The van der Waals surface area contributed by atoms with Crippen LogP contribution in [0.3, 0.4) is 0 Å². The van der Waals surface area contributed by atoms with Crippen molar-refractivity contribution in [1.29, 1.82) is 0 Å². The molecule has 8 heteroatoms. The molecule has 126 valence electrons. The molecule has 2 N–H and O–H groups in total. The average Bonchev–Trinajstić information content (AvgIpc) is 2.47. The number of fused-ring (bicyclic) bond motifs is 1. The van der Waals surface area contributed by atoms with E-state index < -0.39 is 15.6 Å². The van der Waals surface area contributed by atoms with E-state index >= 15 is 0 Å². The number of hydrogen-bond acceptors (Lipinski definition) is 6. The number of ether oxygens (including phenoxy) is 2. The summed E-state index contributed by atoms with van der Waals surface area (Å²) in [5, 5.41) is 3.26. The Balaban J connectivity index is 2.03. The first-order valence-corrected chi connectivity index (χ1v) is 9.34. The minimum absolute atomic E-state index is 0.0813. The molecular formula is C15H20N2O5S. The fourth-order valence-corrected chi connectivity index (χ4v) is 3.78. The molecule has 0 radical (unpaired) electrons. The second kappa shape index (κ2) is 5.68. The molecule has 0 aliphatic carbocycles. The Hall–Kier alpha value is -1.80. The average molecular weight is 340 g/mol. The highest BCUT2D eigenvalue weighted by Crippen LogP contribution is 2.44. The number of sulfonamides is 1. The third-order valence-electron chi connectivity index (χ3n) is 4.22. The first-order chi connectivity index (χ1) is 10.8. The number of anilines is 1. The van der Waals surface area contributed by atoms with Gasteiger partial charge in [0.25, 0.3) is 0 Å². The van der Waals surface area contributed by atoms with Crippen molar-refractivity contribution in [3.8, 4) is 11.5 Å². The lowest BCUT2D eigenvalue weighted by molar-refractivity contribution is 0.0183. The standard InChI is InChI=1S/C15H20N2O5S/c1-21-14-10(17-23(2,19)20)3-4-12-13(14)11(18)9-15(22-12)5-7-16-8-6-15/h3-4,16-17H,5-9H2,1-2H3. The van der Waals surface area contributed by atoms with Crippen LogP contribution in [0.4, 0.5) is 5.69 Å². The minimum Gasteiger partial charge on any atom is -0.494 e. The molecular weight excluding hydrogens is 320 g/mol. The van der Waals surface area contributed by atoms with Crippen LogP contribution >= 0.6 is 0 Å². The summed E-state index contributed by atoms with van der Waals surface area (Å²) >= 11 is 0. The third-order valence-corrected chi connectivity index (χ3v) is 4.81. The molecule has 0 aromatic heterocycles. The molecule has 2 aliphatic heterocycles. The van der Waals surface area contributed by atoms with Gasteiger partial charge in [-0.2, -0.15) is 0 Å². The molecule has 0 atom stereocenters. The SMILES string of the molecule is COc1c(NS(C)(=O)=O)ccc2c1C(=O)CC1(CCNCC1)O2. The van der Waals surface area contributed by atoms with Crippen molar-refractivity contribution in [1.82, 2.24) is 5.32 Å². The predicted octanol–water partition coefficient (Wildman–Crippen LogP) is 1.15. The Morgan fingerprint density at radius 3 is 2.61 bits per heavy atom. The second-order valence-corrected chi connectivity index (χ2v) is 7.78. The number of carbonyl (C=O) groups is 1. The normalized spacial score (nSPS) is 19.8. The quantitative estimate of drug-likeness (QED) is 0.857. The topological polar surface area (TPSA) is 93.7 Å². The summed E-state index contributed by atoms with van der Waals surface area (Å²) in [6.45, 7) is 1.63. The van der Waals surface area contributed by atoms with Gasteiger partial charge in [-0.05, 0) is 25.2 Å². The molecule has 1 saturated heterocycles. The summed E-state index contributed by atoms with van der Waals surface area (Å²) in [5.74, 6) is 0.586. The molecule has 1 aromatic carbocycles. The van der Waals surface area contributed by atoms with Crippen LogP contribution in [0.15, 0.2) is 12.1 Å². The minimum atomic E-state index is -3.47. The summed E-state index contributed by atoms with van der Waals surface area (Å²) in [4.78, 5) is 12.7. The van der Waals surface area contributed by atoms with Crippen LogP contribution in [-0.2, 0) is 10.0 Å². The summed E-state index contributed by atoms with van der Waals surface area (Å²) < 4.78 is 36.7. The monoisotopic (exact) mass is 340 g/mol. The van der Waals surface area contributed by atoms with Crippen molar-refractivity contribution in [2.75, 3.05) is 31.2 Å². The van der Waals surface area contributed by atoms with E-state index in [2.05, 4.69) is 10.0 Å². The summed E-state index contributed by atoms with van der Waals surface area (Å²) in [6, 6.07) is 3.19. The number of Topliss-reactive ketones (excluding diaryl/α,β-unsaturated/α-hetero) is 1. The van der Waals surface area contributed by atoms with Crippen molar-refractivity contribution in [2.24, 2.45) is 0 Å². The number of piperidine rings is 1. The van der Waals surface area contributed by atoms with Crippen LogP contribution in [0.25, 0.3) is 0 Å². The summed E-state index contributed by atoms with van der Waals surface area (Å²) in [6.07, 6.45) is 2.86. The molecule has 2 heterocycles. The van der Waals surface area contributed by atoms with Crippen LogP contribution < -0.4 is 19.5 Å². The Kier molecular flexibility index (Phi) is 3.97. The number of benzene rings is 1.